The van der Waals surface area contributed by atoms with Gasteiger partial charge in [0, 0.05) is 18.2 Å². The van der Waals surface area contributed by atoms with Gasteiger partial charge in [-0.05, 0) is 56.0 Å². The maximum Gasteiger partial charge on any atom is 0.223 e. The molecule has 138 valence electrons. The average Bonchev–Trinajstić information content (AvgIpc) is 2.67. The van der Waals surface area contributed by atoms with E-state index in [9.17, 15) is 4.79 Å². The van der Waals surface area contributed by atoms with Gasteiger partial charge in [0.05, 0.1) is 11.7 Å². The molecule has 1 aromatic carbocycles. The topological polar surface area (TPSA) is 77.2 Å². The standard InChI is InChI=1S/C21H27N3O2/c1-15(24-21(25)17-7-4-8-18(22)12-17)16-6-5-10-20(13-16)26-14-19-9-2-3-11-23-19/h2-3,5-6,9-11,13,15,17-18H,4,7-8,12,14,22H2,1H3,(H,24,25). The molecule has 5 nitrogen and oxygen atoms in total. The zero-order valence-electron chi connectivity index (χ0n) is 15.2. The molecule has 3 rings (SSSR count). The lowest BCUT2D eigenvalue weighted by atomic mass is 9.85. The maximum absolute atomic E-state index is 12.5. The van der Waals surface area contributed by atoms with E-state index in [1.54, 1.807) is 6.20 Å². The largest absolute Gasteiger partial charge is 0.487 e. The summed E-state index contributed by atoms with van der Waals surface area (Å²) in [4.78, 5) is 16.8. The van der Waals surface area contributed by atoms with E-state index in [1.165, 1.54) is 0 Å². The summed E-state index contributed by atoms with van der Waals surface area (Å²) in [6.45, 7) is 2.42. The van der Waals surface area contributed by atoms with Gasteiger partial charge in [-0.3, -0.25) is 9.78 Å². The second kappa shape index (κ2) is 8.81. The van der Waals surface area contributed by atoms with Gasteiger partial charge >= 0.3 is 0 Å². The molecule has 1 aromatic heterocycles. The number of hydrogen-bond acceptors (Lipinski definition) is 4. The summed E-state index contributed by atoms with van der Waals surface area (Å²) in [6, 6.07) is 13.7. The maximum atomic E-state index is 12.5. The molecule has 3 N–H and O–H groups in total. The minimum absolute atomic E-state index is 0.0322. The fourth-order valence-corrected chi connectivity index (χ4v) is 3.39. The molecule has 0 bridgehead atoms. The summed E-state index contributed by atoms with van der Waals surface area (Å²) in [5, 5.41) is 3.13. The van der Waals surface area contributed by atoms with Crippen molar-refractivity contribution in [3.8, 4) is 5.75 Å². The molecule has 5 heteroatoms. The molecular formula is C21H27N3O2. The normalized spacial score (nSPS) is 21.0. The fourth-order valence-electron chi connectivity index (χ4n) is 3.39. The molecule has 1 heterocycles. The first-order valence-corrected chi connectivity index (χ1v) is 9.30. The van der Waals surface area contributed by atoms with Crippen LogP contribution in [0.15, 0.2) is 48.7 Å². The number of rotatable bonds is 6. The first-order valence-electron chi connectivity index (χ1n) is 9.30. The highest BCUT2D eigenvalue weighted by molar-refractivity contribution is 5.79. The molecule has 0 saturated heterocycles. The van der Waals surface area contributed by atoms with Gasteiger partial charge in [-0.15, -0.1) is 0 Å². The lowest BCUT2D eigenvalue weighted by molar-refractivity contribution is -0.126. The smallest absolute Gasteiger partial charge is 0.223 e. The molecule has 26 heavy (non-hydrogen) atoms. The first-order chi connectivity index (χ1) is 12.6. The summed E-state index contributed by atoms with van der Waals surface area (Å²) < 4.78 is 5.83. The number of carbonyl (C=O) groups is 1. The zero-order valence-corrected chi connectivity index (χ0v) is 15.2. The molecule has 0 aliphatic heterocycles. The van der Waals surface area contributed by atoms with Crippen molar-refractivity contribution < 1.29 is 9.53 Å². The third kappa shape index (κ3) is 5.05. The average molecular weight is 353 g/mol. The molecule has 3 atom stereocenters. The van der Waals surface area contributed by atoms with Gasteiger partial charge in [0.25, 0.3) is 0 Å². The highest BCUT2D eigenvalue weighted by atomic mass is 16.5. The van der Waals surface area contributed by atoms with Crippen molar-refractivity contribution >= 4 is 5.91 Å². The van der Waals surface area contributed by atoms with E-state index >= 15 is 0 Å². The summed E-state index contributed by atoms with van der Waals surface area (Å²) >= 11 is 0. The molecule has 0 spiro atoms. The van der Waals surface area contributed by atoms with Crippen LogP contribution in [-0.2, 0) is 11.4 Å². The zero-order chi connectivity index (χ0) is 18.4. The third-order valence-corrected chi connectivity index (χ3v) is 4.92. The van der Waals surface area contributed by atoms with Gasteiger partial charge in [0.2, 0.25) is 5.91 Å². The number of aromatic nitrogens is 1. The Morgan fingerprint density at radius 1 is 1.31 bits per heavy atom. The van der Waals surface area contributed by atoms with Crippen molar-refractivity contribution in [2.75, 3.05) is 0 Å². The summed E-state index contributed by atoms with van der Waals surface area (Å²) in [5.74, 6) is 0.909. The van der Waals surface area contributed by atoms with Crippen molar-refractivity contribution in [2.24, 2.45) is 11.7 Å². The Labute approximate surface area is 155 Å². The van der Waals surface area contributed by atoms with Gasteiger partial charge in [-0.25, -0.2) is 0 Å². The van der Waals surface area contributed by atoms with Gasteiger partial charge in [0.1, 0.15) is 12.4 Å². The molecule has 0 radical (unpaired) electrons. The predicted octanol–water partition coefficient (Wildman–Crippen LogP) is 3.36. The number of benzene rings is 1. The molecule has 1 saturated carbocycles. The van der Waals surface area contributed by atoms with Gasteiger partial charge in [-0.1, -0.05) is 24.6 Å². The Hall–Kier alpha value is -2.40. The van der Waals surface area contributed by atoms with Crippen LogP contribution >= 0.6 is 0 Å². The minimum atomic E-state index is -0.0703. The Morgan fingerprint density at radius 3 is 2.96 bits per heavy atom. The van der Waals surface area contributed by atoms with Crippen LogP contribution in [0.3, 0.4) is 0 Å². The molecule has 2 aromatic rings. The highest BCUT2D eigenvalue weighted by Gasteiger charge is 2.26. The molecule has 3 unspecified atom stereocenters. The van der Waals surface area contributed by atoms with Gasteiger partial charge in [-0.2, -0.15) is 0 Å². The number of hydrogen-bond donors (Lipinski definition) is 2. The van der Waals surface area contributed by atoms with E-state index in [-0.39, 0.29) is 23.9 Å². The second-order valence-electron chi connectivity index (χ2n) is 7.04. The van der Waals surface area contributed by atoms with Crippen molar-refractivity contribution in [2.45, 2.75) is 51.3 Å². The van der Waals surface area contributed by atoms with E-state index in [2.05, 4.69) is 10.3 Å². The summed E-state index contributed by atoms with van der Waals surface area (Å²) in [6.07, 6.45) is 5.52. The van der Waals surface area contributed by atoms with Crippen molar-refractivity contribution in [1.82, 2.24) is 10.3 Å². The SMILES string of the molecule is CC(NC(=O)C1CCCC(N)C1)c1cccc(OCc2ccccn2)c1. The van der Waals surface area contributed by atoms with E-state index in [1.807, 2.05) is 49.4 Å². The van der Waals surface area contributed by atoms with Crippen LogP contribution in [0.2, 0.25) is 0 Å². The molecule has 1 fully saturated rings. The number of amides is 1. The van der Waals surface area contributed by atoms with Crippen LogP contribution in [0, 0.1) is 5.92 Å². The van der Waals surface area contributed by atoms with Crippen LogP contribution in [0.1, 0.15) is 49.9 Å². The van der Waals surface area contributed by atoms with E-state index in [0.717, 1.165) is 42.7 Å². The number of pyridine rings is 1. The Morgan fingerprint density at radius 2 is 2.19 bits per heavy atom. The van der Waals surface area contributed by atoms with Crippen LogP contribution < -0.4 is 15.8 Å². The Bertz CT molecular complexity index is 720. The number of nitrogens with two attached hydrogens (primary N) is 1. The molecule has 1 amide bonds. The third-order valence-electron chi connectivity index (χ3n) is 4.92. The van der Waals surface area contributed by atoms with Crippen LogP contribution in [0.4, 0.5) is 0 Å². The van der Waals surface area contributed by atoms with E-state index < -0.39 is 0 Å². The van der Waals surface area contributed by atoms with Crippen molar-refractivity contribution in [1.29, 1.82) is 0 Å². The highest BCUT2D eigenvalue weighted by Crippen LogP contribution is 2.25. The number of ether oxygens (including phenoxy) is 1. The monoisotopic (exact) mass is 353 g/mol. The van der Waals surface area contributed by atoms with Crippen molar-refractivity contribution in [3.63, 3.8) is 0 Å². The fraction of sp³-hybridized carbons (Fsp3) is 0.429. The quantitative estimate of drug-likeness (QED) is 0.835. The van der Waals surface area contributed by atoms with Crippen molar-refractivity contribution in [3.05, 3.63) is 59.9 Å². The molecule has 1 aliphatic rings. The number of nitrogens with one attached hydrogen (secondary N) is 1. The Kier molecular flexibility index (Phi) is 6.23. The van der Waals surface area contributed by atoms with Gasteiger partial charge < -0.3 is 15.8 Å². The second-order valence-corrected chi connectivity index (χ2v) is 7.04. The molecular weight excluding hydrogens is 326 g/mol. The van der Waals surface area contributed by atoms with Gasteiger partial charge in [0.15, 0.2) is 0 Å². The summed E-state index contributed by atoms with van der Waals surface area (Å²) in [5.41, 5.74) is 7.91. The Balaban J connectivity index is 1.57. The lowest BCUT2D eigenvalue weighted by Gasteiger charge is -2.27. The van der Waals surface area contributed by atoms with E-state index in [4.69, 9.17) is 10.5 Å². The van der Waals surface area contributed by atoms with Crippen LogP contribution in [-0.4, -0.2) is 16.9 Å². The summed E-state index contributed by atoms with van der Waals surface area (Å²) in [7, 11) is 0. The van der Waals surface area contributed by atoms with E-state index in [0.29, 0.717) is 6.61 Å². The molecule has 1 aliphatic carbocycles. The van der Waals surface area contributed by atoms with Crippen LogP contribution in [0.5, 0.6) is 5.75 Å². The minimum Gasteiger partial charge on any atom is -0.487 e. The van der Waals surface area contributed by atoms with Crippen LogP contribution in [0.25, 0.3) is 0 Å². The predicted molar refractivity (Wildman–Crippen MR) is 102 cm³/mol. The number of nitrogens with zero attached hydrogens (tertiary/aromatic N) is 1. The first kappa shape index (κ1) is 18.4. The lowest BCUT2D eigenvalue weighted by Crippen LogP contribution is -2.38. The number of carbonyl (C=O) groups excluding carboxylic acids is 1.